The van der Waals surface area contributed by atoms with Crippen LogP contribution in [0.2, 0.25) is 0 Å². The van der Waals surface area contributed by atoms with Gasteiger partial charge in [0, 0.05) is 32.3 Å². The lowest BCUT2D eigenvalue weighted by atomic mass is 10.0. The molecular weight excluding hydrogens is 393 g/mol. The van der Waals surface area contributed by atoms with Crippen LogP contribution in [0.1, 0.15) is 45.0 Å². The molecule has 3 heterocycles. The van der Waals surface area contributed by atoms with E-state index in [0.717, 1.165) is 11.3 Å². The Labute approximate surface area is 170 Å². The normalized spacial score (nSPS) is 15.8. The largest absolute Gasteiger partial charge is 0.292 e. The van der Waals surface area contributed by atoms with Crippen molar-refractivity contribution >= 4 is 21.9 Å². The minimum Gasteiger partial charge on any atom is -0.292 e. The molecule has 0 saturated carbocycles. The van der Waals surface area contributed by atoms with Gasteiger partial charge in [-0.25, -0.2) is 18.3 Å². The van der Waals surface area contributed by atoms with E-state index in [2.05, 4.69) is 9.82 Å². The zero-order valence-electron chi connectivity index (χ0n) is 17.1. The summed E-state index contributed by atoms with van der Waals surface area (Å²) in [6, 6.07) is 2.13. The Morgan fingerprint density at radius 3 is 2.72 bits per heavy atom. The lowest BCUT2D eigenvalue weighted by Crippen LogP contribution is -2.35. The molecule has 1 aliphatic heterocycles. The topological polar surface area (TPSA) is 81.8 Å². The summed E-state index contributed by atoms with van der Waals surface area (Å²) in [6.07, 6.45) is 2.47. The van der Waals surface area contributed by atoms with Crippen molar-refractivity contribution < 1.29 is 8.60 Å². The third-order valence-corrected chi connectivity index (χ3v) is 6.76. The first-order chi connectivity index (χ1) is 13.6. The maximum Gasteiger partial charge on any atom is 0.261 e. The fourth-order valence-corrected chi connectivity index (χ4v) is 4.39. The molecule has 4 rings (SSSR count). The first kappa shape index (κ1) is 19.9. The van der Waals surface area contributed by atoms with Crippen molar-refractivity contribution in [1.82, 2.24) is 24.1 Å². The van der Waals surface area contributed by atoms with Gasteiger partial charge in [-0.15, -0.1) is 0 Å². The SMILES string of the molecule is C[C@@H](N[S@](=O)C(C)(C)C)c1cc(F)cc2c(=O)n3c(nc12)-c1cn(C)nc1CC3. The van der Waals surface area contributed by atoms with Gasteiger partial charge in [-0.3, -0.25) is 14.0 Å². The minimum atomic E-state index is -1.35. The number of fused-ring (bicyclic) bond motifs is 4. The van der Waals surface area contributed by atoms with Crippen LogP contribution in [-0.4, -0.2) is 28.3 Å². The number of hydrogen-bond acceptors (Lipinski definition) is 4. The number of nitrogens with zero attached hydrogens (tertiary/aromatic N) is 4. The Bertz CT molecular complexity index is 1210. The molecule has 154 valence electrons. The average Bonchev–Trinajstić information content (AvgIpc) is 3.01. The third kappa shape index (κ3) is 3.42. The fraction of sp³-hybridized carbons (Fsp3) is 0.450. The zero-order chi connectivity index (χ0) is 21.1. The summed E-state index contributed by atoms with van der Waals surface area (Å²) in [7, 11) is 0.475. The number of rotatable bonds is 3. The Morgan fingerprint density at radius 2 is 2.03 bits per heavy atom. The van der Waals surface area contributed by atoms with E-state index in [1.54, 1.807) is 16.2 Å². The van der Waals surface area contributed by atoms with Crippen LogP contribution in [0.5, 0.6) is 0 Å². The predicted octanol–water partition coefficient (Wildman–Crippen LogP) is 2.61. The van der Waals surface area contributed by atoms with Crippen molar-refractivity contribution in [3.8, 4) is 11.4 Å². The van der Waals surface area contributed by atoms with Crippen LogP contribution in [0, 0.1) is 5.82 Å². The molecule has 0 spiro atoms. The Kier molecular flexibility index (Phi) is 4.70. The van der Waals surface area contributed by atoms with Gasteiger partial charge in [-0.2, -0.15) is 5.10 Å². The van der Waals surface area contributed by atoms with Crippen LogP contribution in [0.15, 0.2) is 23.1 Å². The highest BCUT2D eigenvalue weighted by Crippen LogP contribution is 2.30. The van der Waals surface area contributed by atoms with Crippen LogP contribution >= 0.6 is 0 Å². The molecule has 0 amide bonds. The van der Waals surface area contributed by atoms with Crippen LogP contribution < -0.4 is 10.3 Å². The minimum absolute atomic E-state index is 0.228. The van der Waals surface area contributed by atoms with Crippen molar-refractivity contribution in [3.05, 3.63) is 45.8 Å². The fourth-order valence-electron chi connectivity index (χ4n) is 3.58. The molecule has 1 aromatic carbocycles. The molecule has 1 aliphatic rings. The van der Waals surface area contributed by atoms with Gasteiger partial charge in [0.15, 0.2) is 0 Å². The maximum absolute atomic E-state index is 14.4. The Hall–Kier alpha value is -2.39. The maximum atomic E-state index is 14.4. The molecule has 0 saturated heterocycles. The molecule has 29 heavy (non-hydrogen) atoms. The van der Waals surface area contributed by atoms with E-state index in [1.807, 2.05) is 34.0 Å². The van der Waals surface area contributed by atoms with Crippen molar-refractivity contribution in [2.24, 2.45) is 7.05 Å². The van der Waals surface area contributed by atoms with E-state index in [4.69, 9.17) is 4.98 Å². The van der Waals surface area contributed by atoms with Gasteiger partial charge in [-0.05, 0) is 45.4 Å². The molecular formula is C20H24FN5O2S. The van der Waals surface area contributed by atoms with Gasteiger partial charge in [-0.1, -0.05) is 0 Å². The molecule has 2 aromatic heterocycles. The number of halogens is 1. The van der Waals surface area contributed by atoms with Crippen LogP contribution in [0.25, 0.3) is 22.3 Å². The molecule has 7 nitrogen and oxygen atoms in total. The summed E-state index contributed by atoms with van der Waals surface area (Å²) in [5.74, 6) is 0.0221. The van der Waals surface area contributed by atoms with Gasteiger partial charge in [0.1, 0.15) is 11.6 Å². The van der Waals surface area contributed by atoms with E-state index >= 15 is 0 Å². The monoisotopic (exact) mass is 417 g/mol. The number of aromatic nitrogens is 4. The standard InChI is InChI=1S/C20H24FN5O2S/c1-11(24-29(28)20(2,3)4)13-8-12(21)9-14-17(13)22-18-15-10-25(5)23-16(15)6-7-26(18)19(14)27/h8-11,24H,6-7H2,1-5H3/t11-,29-/m1/s1. The van der Waals surface area contributed by atoms with Crippen LogP contribution in [0.3, 0.4) is 0 Å². The summed E-state index contributed by atoms with van der Waals surface area (Å²) >= 11 is 0. The Morgan fingerprint density at radius 1 is 1.31 bits per heavy atom. The number of nitrogens with one attached hydrogen (secondary N) is 1. The molecule has 2 atom stereocenters. The summed E-state index contributed by atoms with van der Waals surface area (Å²) in [5, 5.41) is 4.67. The summed E-state index contributed by atoms with van der Waals surface area (Å²) < 4.78 is 32.8. The number of benzene rings is 1. The lowest BCUT2D eigenvalue weighted by Gasteiger charge is -2.23. The van der Waals surface area contributed by atoms with Crippen molar-refractivity contribution in [3.63, 3.8) is 0 Å². The molecule has 0 bridgehead atoms. The molecule has 0 radical (unpaired) electrons. The highest BCUT2D eigenvalue weighted by atomic mass is 32.2. The average molecular weight is 418 g/mol. The zero-order valence-corrected chi connectivity index (χ0v) is 17.9. The lowest BCUT2D eigenvalue weighted by molar-refractivity contribution is 0.605. The molecule has 0 fully saturated rings. The molecule has 3 aromatic rings. The van der Waals surface area contributed by atoms with Gasteiger partial charge < -0.3 is 0 Å². The van der Waals surface area contributed by atoms with E-state index < -0.39 is 27.6 Å². The van der Waals surface area contributed by atoms with E-state index in [0.29, 0.717) is 29.9 Å². The van der Waals surface area contributed by atoms with E-state index in [9.17, 15) is 13.4 Å². The van der Waals surface area contributed by atoms with E-state index in [-0.39, 0.29) is 10.9 Å². The smallest absolute Gasteiger partial charge is 0.261 e. The second kappa shape index (κ2) is 6.84. The van der Waals surface area contributed by atoms with Gasteiger partial charge in [0.2, 0.25) is 0 Å². The van der Waals surface area contributed by atoms with Gasteiger partial charge >= 0.3 is 0 Å². The first-order valence-electron chi connectivity index (χ1n) is 9.51. The van der Waals surface area contributed by atoms with E-state index in [1.165, 1.54) is 12.1 Å². The molecule has 1 N–H and O–H groups in total. The number of hydrogen-bond donors (Lipinski definition) is 1. The second-order valence-electron chi connectivity index (χ2n) is 8.42. The highest BCUT2D eigenvalue weighted by molar-refractivity contribution is 7.84. The van der Waals surface area contributed by atoms with Crippen LogP contribution in [-0.2, 0) is 31.0 Å². The quantitative estimate of drug-likeness (QED) is 0.710. The van der Waals surface area contributed by atoms with Gasteiger partial charge in [0.25, 0.3) is 5.56 Å². The molecule has 0 unspecified atom stereocenters. The summed E-state index contributed by atoms with van der Waals surface area (Å²) in [4.78, 5) is 17.9. The highest BCUT2D eigenvalue weighted by Gasteiger charge is 2.27. The molecule has 0 aliphatic carbocycles. The van der Waals surface area contributed by atoms with Crippen LogP contribution in [0.4, 0.5) is 4.39 Å². The van der Waals surface area contributed by atoms with Crippen molar-refractivity contribution in [1.29, 1.82) is 0 Å². The van der Waals surface area contributed by atoms with Gasteiger partial charge in [0.05, 0.1) is 37.9 Å². The third-order valence-electron chi connectivity index (χ3n) is 5.08. The molecule has 9 heteroatoms. The second-order valence-corrected chi connectivity index (χ2v) is 10.4. The summed E-state index contributed by atoms with van der Waals surface area (Å²) in [5.41, 5.74) is 2.36. The Balaban J connectivity index is 1.92. The predicted molar refractivity (Wildman–Crippen MR) is 111 cm³/mol. The van der Waals surface area contributed by atoms with Crippen molar-refractivity contribution in [2.75, 3.05) is 0 Å². The number of aryl methyl sites for hydroxylation is 2. The first-order valence-corrected chi connectivity index (χ1v) is 10.7. The van der Waals surface area contributed by atoms with Crippen molar-refractivity contribution in [2.45, 2.75) is 51.4 Å². The summed E-state index contributed by atoms with van der Waals surface area (Å²) in [6.45, 7) is 7.83.